The fraction of sp³-hybridized carbons (Fsp3) is 0.600. The standard InChI is InChI=1S/C10H14N2O5/c1-5-3-12(10(16)11-9(5)15)8-2-6(14)7(4-13)17-8/h3,6-8,13-14H,2,4H2,1H3,(H,11,15,16)/t6-,7?,8-/m1/s1. The fourth-order valence-corrected chi connectivity index (χ4v) is 1.85. The van der Waals surface area contributed by atoms with Gasteiger partial charge in [0.15, 0.2) is 0 Å². The second kappa shape index (κ2) is 4.44. The van der Waals surface area contributed by atoms with Crippen molar-refractivity contribution in [3.63, 3.8) is 0 Å². The highest BCUT2D eigenvalue weighted by Crippen LogP contribution is 2.27. The molecule has 94 valence electrons. The van der Waals surface area contributed by atoms with E-state index in [0.29, 0.717) is 5.56 Å². The molecule has 2 heterocycles. The molecular weight excluding hydrogens is 228 g/mol. The molecule has 1 unspecified atom stereocenters. The van der Waals surface area contributed by atoms with Gasteiger partial charge in [-0.3, -0.25) is 14.3 Å². The number of hydrogen-bond acceptors (Lipinski definition) is 5. The lowest BCUT2D eigenvalue weighted by Gasteiger charge is -2.14. The third kappa shape index (κ3) is 2.17. The van der Waals surface area contributed by atoms with E-state index in [1.165, 1.54) is 10.8 Å². The Bertz CT molecular complexity index is 520. The minimum atomic E-state index is -0.816. The van der Waals surface area contributed by atoms with Crippen molar-refractivity contribution < 1.29 is 14.9 Å². The Morgan fingerprint density at radius 3 is 2.88 bits per heavy atom. The zero-order valence-electron chi connectivity index (χ0n) is 9.29. The molecule has 0 bridgehead atoms. The molecule has 1 saturated heterocycles. The Labute approximate surface area is 96.3 Å². The molecule has 7 nitrogen and oxygen atoms in total. The van der Waals surface area contributed by atoms with Crippen LogP contribution in [-0.2, 0) is 4.74 Å². The number of ether oxygens (including phenoxy) is 1. The highest BCUT2D eigenvalue weighted by Gasteiger charge is 2.34. The number of aliphatic hydroxyl groups excluding tert-OH is 2. The summed E-state index contributed by atoms with van der Waals surface area (Å²) < 4.78 is 6.54. The smallest absolute Gasteiger partial charge is 0.330 e. The normalized spacial score (nSPS) is 28.5. The lowest BCUT2D eigenvalue weighted by Crippen LogP contribution is -2.33. The summed E-state index contributed by atoms with van der Waals surface area (Å²) in [6.07, 6.45) is -0.581. The second-order valence-electron chi connectivity index (χ2n) is 4.09. The molecule has 1 fully saturated rings. The van der Waals surface area contributed by atoms with Gasteiger partial charge in [-0.2, -0.15) is 0 Å². The molecule has 17 heavy (non-hydrogen) atoms. The highest BCUT2D eigenvalue weighted by molar-refractivity contribution is 5.02. The molecule has 7 heteroatoms. The van der Waals surface area contributed by atoms with Crippen molar-refractivity contribution in [1.29, 1.82) is 0 Å². The number of aryl methyl sites for hydroxylation is 1. The molecule has 1 aliphatic heterocycles. The van der Waals surface area contributed by atoms with Gasteiger partial charge in [0.05, 0.1) is 12.7 Å². The monoisotopic (exact) mass is 242 g/mol. The van der Waals surface area contributed by atoms with Crippen LogP contribution in [-0.4, -0.2) is 38.6 Å². The number of aromatic amines is 1. The average molecular weight is 242 g/mol. The predicted molar refractivity (Wildman–Crippen MR) is 57.7 cm³/mol. The largest absolute Gasteiger partial charge is 0.394 e. The molecule has 0 aliphatic carbocycles. The fourth-order valence-electron chi connectivity index (χ4n) is 1.85. The van der Waals surface area contributed by atoms with Crippen LogP contribution in [0.2, 0.25) is 0 Å². The summed E-state index contributed by atoms with van der Waals surface area (Å²) in [7, 11) is 0. The Morgan fingerprint density at radius 1 is 1.59 bits per heavy atom. The van der Waals surface area contributed by atoms with Gasteiger partial charge >= 0.3 is 5.69 Å². The second-order valence-corrected chi connectivity index (χ2v) is 4.09. The molecule has 0 radical (unpaired) electrons. The number of nitrogens with one attached hydrogen (secondary N) is 1. The Morgan fingerprint density at radius 2 is 2.29 bits per heavy atom. The molecule has 1 aromatic rings. The van der Waals surface area contributed by atoms with Crippen LogP contribution in [0.4, 0.5) is 0 Å². The van der Waals surface area contributed by atoms with E-state index >= 15 is 0 Å². The van der Waals surface area contributed by atoms with E-state index < -0.39 is 29.7 Å². The predicted octanol–water partition coefficient (Wildman–Crippen LogP) is -1.51. The molecule has 2 rings (SSSR count). The zero-order chi connectivity index (χ0) is 12.6. The van der Waals surface area contributed by atoms with Gasteiger partial charge in [-0.05, 0) is 6.92 Å². The summed E-state index contributed by atoms with van der Waals surface area (Å²) in [4.78, 5) is 24.9. The Hall–Kier alpha value is -1.44. The molecule has 0 aromatic carbocycles. The van der Waals surface area contributed by atoms with Gasteiger partial charge in [0, 0.05) is 18.2 Å². The van der Waals surface area contributed by atoms with Crippen molar-refractivity contribution in [1.82, 2.24) is 9.55 Å². The van der Waals surface area contributed by atoms with Crippen LogP contribution in [0.15, 0.2) is 15.8 Å². The first-order valence-electron chi connectivity index (χ1n) is 5.29. The maximum Gasteiger partial charge on any atom is 0.330 e. The molecule has 1 aliphatic rings. The summed E-state index contributed by atoms with van der Waals surface area (Å²) in [5.41, 5.74) is -0.643. The molecule has 1 aromatic heterocycles. The van der Waals surface area contributed by atoms with Crippen LogP contribution in [0.25, 0.3) is 0 Å². The van der Waals surface area contributed by atoms with Crippen LogP contribution in [0, 0.1) is 6.92 Å². The van der Waals surface area contributed by atoms with Crippen LogP contribution < -0.4 is 11.2 Å². The highest BCUT2D eigenvalue weighted by atomic mass is 16.5. The first kappa shape index (κ1) is 12.0. The topological polar surface area (TPSA) is 105 Å². The van der Waals surface area contributed by atoms with Crippen molar-refractivity contribution in [2.75, 3.05) is 6.61 Å². The van der Waals surface area contributed by atoms with Gasteiger partial charge in [-0.25, -0.2) is 4.79 Å². The Balaban J connectivity index is 2.34. The van der Waals surface area contributed by atoms with Crippen LogP contribution in [0.3, 0.4) is 0 Å². The van der Waals surface area contributed by atoms with Gasteiger partial charge < -0.3 is 14.9 Å². The third-order valence-corrected chi connectivity index (χ3v) is 2.84. The van der Waals surface area contributed by atoms with Crippen LogP contribution >= 0.6 is 0 Å². The number of nitrogens with zero attached hydrogens (tertiary/aromatic N) is 1. The summed E-state index contributed by atoms with van der Waals surface area (Å²) >= 11 is 0. The Kier molecular flexibility index (Phi) is 3.14. The molecule has 3 N–H and O–H groups in total. The van der Waals surface area contributed by atoms with Crippen molar-refractivity contribution >= 4 is 0 Å². The van der Waals surface area contributed by atoms with Crippen molar-refractivity contribution in [3.8, 4) is 0 Å². The number of aliphatic hydroxyl groups is 2. The third-order valence-electron chi connectivity index (χ3n) is 2.84. The number of rotatable bonds is 2. The molecule has 0 saturated carbocycles. The van der Waals surface area contributed by atoms with E-state index in [2.05, 4.69) is 4.98 Å². The summed E-state index contributed by atoms with van der Waals surface area (Å²) in [5.74, 6) is 0. The van der Waals surface area contributed by atoms with Crippen molar-refractivity contribution in [2.24, 2.45) is 0 Å². The molecule has 0 spiro atoms. The van der Waals surface area contributed by atoms with Crippen molar-refractivity contribution in [3.05, 3.63) is 32.6 Å². The van der Waals surface area contributed by atoms with Gasteiger partial charge in [0.1, 0.15) is 12.3 Å². The van der Waals surface area contributed by atoms with Crippen LogP contribution in [0.1, 0.15) is 18.2 Å². The van der Waals surface area contributed by atoms with Crippen LogP contribution in [0.5, 0.6) is 0 Å². The van der Waals surface area contributed by atoms with E-state index in [9.17, 15) is 14.7 Å². The number of H-pyrrole nitrogens is 1. The first-order chi connectivity index (χ1) is 8.02. The van der Waals surface area contributed by atoms with E-state index in [1.54, 1.807) is 6.92 Å². The van der Waals surface area contributed by atoms with E-state index in [0.717, 1.165) is 0 Å². The van der Waals surface area contributed by atoms with Gasteiger partial charge in [0.25, 0.3) is 5.56 Å². The zero-order valence-corrected chi connectivity index (χ0v) is 9.29. The molecule has 3 atom stereocenters. The summed E-state index contributed by atoms with van der Waals surface area (Å²) in [6, 6.07) is 0. The van der Waals surface area contributed by atoms with E-state index in [-0.39, 0.29) is 13.0 Å². The quantitative estimate of drug-likeness (QED) is 0.584. The van der Waals surface area contributed by atoms with Gasteiger partial charge in [0.2, 0.25) is 0 Å². The first-order valence-corrected chi connectivity index (χ1v) is 5.29. The summed E-state index contributed by atoms with van der Waals surface area (Å²) in [5, 5.41) is 18.5. The summed E-state index contributed by atoms with van der Waals surface area (Å²) in [6.45, 7) is 1.26. The minimum Gasteiger partial charge on any atom is -0.394 e. The maximum absolute atomic E-state index is 11.6. The van der Waals surface area contributed by atoms with Gasteiger partial charge in [-0.15, -0.1) is 0 Å². The lowest BCUT2D eigenvalue weighted by atomic mass is 10.2. The number of aromatic nitrogens is 2. The SMILES string of the molecule is Cc1cn([C@H]2C[C@@H](O)C(CO)O2)c(=O)[nH]c1=O. The van der Waals surface area contributed by atoms with E-state index in [4.69, 9.17) is 9.84 Å². The molecule has 0 amide bonds. The minimum absolute atomic E-state index is 0.205. The number of hydrogen-bond donors (Lipinski definition) is 3. The van der Waals surface area contributed by atoms with Crippen molar-refractivity contribution in [2.45, 2.75) is 31.8 Å². The lowest BCUT2D eigenvalue weighted by molar-refractivity contribution is -0.0459. The van der Waals surface area contributed by atoms with E-state index in [1.807, 2.05) is 0 Å². The molecular formula is C10H14N2O5. The average Bonchev–Trinajstić information content (AvgIpc) is 2.65. The van der Waals surface area contributed by atoms with Gasteiger partial charge in [-0.1, -0.05) is 0 Å². The maximum atomic E-state index is 11.6.